The van der Waals surface area contributed by atoms with E-state index in [0.29, 0.717) is 16.4 Å². The highest BCUT2D eigenvalue weighted by Crippen LogP contribution is 2.38. The van der Waals surface area contributed by atoms with Crippen LogP contribution in [0.5, 0.6) is 0 Å². The fraction of sp³-hybridized carbons (Fsp3) is 0.333. The highest BCUT2D eigenvalue weighted by molar-refractivity contribution is 7.90. The van der Waals surface area contributed by atoms with Crippen LogP contribution in [-0.2, 0) is 19.3 Å². The first-order valence-corrected chi connectivity index (χ1v) is 11.3. The first-order chi connectivity index (χ1) is 14.4. The van der Waals surface area contributed by atoms with Crippen LogP contribution in [0.4, 0.5) is 5.69 Å². The van der Waals surface area contributed by atoms with Gasteiger partial charge >= 0.3 is 7.12 Å². The van der Waals surface area contributed by atoms with E-state index in [1.165, 1.54) is 24.4 Å². The fourth-order valence-corrected chi connectivity index (χ4v) is 5.32. The van der Waals surface area contributed by atoms with E-state index in [2.05, 4.69) is 0 Å². The number of rotatable bonds is 4. The second-order valence-electron chi connectivity index (χ2n) is 8.67. The van der Waals surface area contributed by atoms with Crippen molar-refractivity contribution in [2.75, 3.05) is 0 Å². The molecule has 162 valence electrons. The van der Waals surface area contributed by atoms with E-state index >= 15 is 0 Å². The molecule has 2 aromatic carbocycles. The molecule has 1 saturated heterocycles. The Morgan fingerprint density at radius 1 is 1.00 bits per heavy atom. The Labute approximate surface area is 181 Å². The molecule has 0 atom stereocenters. The quantitative estimate of drug-likeness (QED) is 0.349. The summed E-state index contributed by atoms with van der Waals surface area (Å²) in [6, 6.07) is 11.0. The zero-order valence-corrected chi connectivity index (χ0v) is 18.8. The number of hydrogen-bond acceptors (Lipinski definition) is 6. The van der Waals surface area contributed by atoms with Crippen molar-refractivity contribution in [1.29, 1.82) is 0 Å². The number of nitro benzene ring substituents is 1. The predicted molar refractivity (Wildman–Crippen MR) is 118 cm³/mol. The van der Waals surface area contributed by atoms with E-state index in [-0.39, 0.29) is 16.1 Å². The number of aryl methyl sites for hydroxylation is 1. The summed E-state index contributed by atoms with van der Waals surface area (Å²) in [6.45, 7) is 9.23. The molecule has 31 heavy (non-hydrogen) atoms. The lowest BCUT2D eigenvalue weighted by atomic mass is 9.79. The number of nitro groups is 1. The lowest BCUT2D eigenvalue weighted by molar-refractivity contribution is -0.383. The summed E-state index contributed by atoms with van der Waals surface area (Å²) in [7, 11) is -4.99. The summed E-state index contributed by atoms with van der Waals surface area (Å²) in [5.74, 6) is 0. The van der Waals surface area contributed by atoms with Gasteiger partial charge < -0.3 is 9.31 Å². The van der Waals surface area contributed by atoms with Crippen molar-refractivity contribution in [2.45, 2.75) is 50.7 Å². The molecule has 1 fully saturated rings. The molecule has 1 aliphatic heterocycles. The summed E-state index contributed by atoms with van der Waals surface area (Å²) < 4.78 is 40.4. The molecular formula is C21H23BN2O6S. The normalized spacial score (nSPS) is 17.9. The van der Waals surface area contributed by atoms with Gasteiger partial charge in [0.25, 0.3) is 15.7 Å². The Balaban J connectivity index is 2.02. The molecule has 8 nitrogen and oxygen atoms in total. The number of hydrogen-bond donors (Lipinski definition) is 0. The van der Waals surface area contributed by atoms with Gasteiger partial charge in [0.1, 0.15) is 5.52 Å². The van der Waals surface area contributed by atoms with Crippen molar-refractivity contribution in [3.63, 3.8) is 0 Å². The lowest BCUT2D eigenvalue weighted by Crippen LogP contribution is -2.41. The largest absolute Gasteiger partial charge is 0.497 e. The van der Waals surface area contributed by atoms with E-state index in [9.17, 15) is 18.5 Å². The van der Waals surface area contributed by atoms with Crippen LogP contribution in [0.15, 0.2) is 53.6 Å². The predicted octanol–water partition coefficient (Wildman–Crippen LogP) is 3.39. The van der Waals surface area contributed by atoms with Gasteiger partial charge in [-0.15, -0.1) is 0 Å². The van der Waals surface area contributed by atoms with Gasteiger partial charge in [0.2, 0.25) is 0 Å². The van der Waals surface area contributed by atoms with Crippen molar-refractivity contribution in [1.82, 2.24) is 3.97 Å². The number of para-hydroxylation sites is 1. The van der Waals surface area contributed by atoms with Crippen LogP contribution in [0.3, 0.4) is 0 Å². The molecule has 0 bridgehead atoms. The smallest absolute Gasteiger partial charge is 0.399 e. The third-order valence-electron chi connectivity index (χ3n) is 6.14. The summed E-state index contributed by atoms with van der Waals surface area (Å²) >= 11 is 0. The van der Waals surface area contributed by atoms with E-state index in [1.807, 2.05) is 27.7 Å². The average Bonchev–Trinajstić information content (AvgIpc) is 3.16. The van der Waals surface area contributed by atoms with Gasteiger partial charge in [-0.05, 0) is 46.2 Å². The van der Waals surface area contributed by atoms with Crippen LogP contribution >= 0.6 is 0 Å². The summed E-state index contributed by atoms with van der Waals surface area (Å²) in [4.78, 5) is 11.3. The molecule has 3 aromatic rings. The van der Waals surface area contributed by atoms with Gasteiger partial charge in [0.15, 0.2) is 0 Å². The minimum Gasteiger partial charge on any atom is -0.399 e. The molecule has 0 saturated carbocycles. The number of nitrogens with zero attached hydrogens (tertiary/aromatic N) is 2. The number of aromatic nitrogens is 1. The summed E-state index contributed by atoms with van der Waals surface area (Å²) in [6.07, 6.45) is 1.38. The molecule has 10 heteroatoms. The lowest BCUT2D eigenvalue weighted by Gasteiger charge is -2.32. The summed E-state index contributed by atoms with van der Waals surface area (Å²) in [5, 5.41) is 12.2. The molecule has 0 spiro atoms. The first-order valence-electron chi connectivity index (χ1n) is 9.82. The van der Waals surface area contributed by atoms with Gasteiger partial charge in [-0.2, -0.15) is 0 Å². The molecule has 0 unspecified atom stereocenters. The standard InChI is InChI=1S/C21H23BN2O6S/c1-14-9-6-7-12-18(14)31(27,28)23-13-16(22-29-20(2,3)21(4,5)30-22)15-10-8-11-17(19(15)23)24(25)26/h6-13H,1-5H3. The van der Waals surface area contributed by atoms with Gasteiger partial charge in [0, 0.05) is 23.1 Å². The molecule has 1 aliphatic rings. The third kappa shape index (κ3) is 3.26. The second-order valence-corrected chi connectivity index (χ2v) is 10.5. The number of benzene rings is 2. The van der Waals surface area contributed by atoms with Crippen molar-refractivity contribution in [2.24, 2.45) is 0 Å². The Kier molecular flexibility index (Phi) is 4.80. The fourth-order valence-electron chi connectivity index (χ4n) is 3.70. The zero-order chi connectivity index (χ0) is 22.8. The Bertz CT molecular complexity index is 1300. The van der Waals surface area contributed by atoms with Crippen LogP contribution in [0.2, 0.25) is 0 Å². The summed E-state index contributed by atoms with van der Waals surface area (Å²) in [5.41, 5.74) is -0.656. The zero-order valence-electron chi connectivity index (χ0n) is 17.9. The van der Waals surface area contributed by atoms with Gasteiger partial charge in [-0.1, -0.05) is 30.3 Å². The van der Waals surface area contributed by atoms with Gasteiger partial charge in [-0.3, -0.25) is 10.1 Å². The van der Waals surface area contributed by atoms with Crippen molar-refractivity contribution in [3.8, 4) is 0 Å². The van der Waals surface area contributed by atoms with E-state index in [1.54, 1.807) is 31.2 Å². The van der Waals surface area contributed by atoms with Gasteiger partial charge in [-0.25, -0.2) is 12.4 Å². The van der Waals surface area contributed by atoms with Crippen molar-refractivity contribution < 1.29 is 22.6 Å². The SMILES string of the molecule is Cc1ccccc1S(=O)(=O)n1cc(B2OC(C)(C)C(C)(C)O2)c2cccc([N+](=O)[O-])c21. The maximum absolute atomic E-state index is 13.6. The van der Waals surface area contributed by atoms with Crippen molar-refractivity contribution in [3.05, 3.63) is 64.3 Å². The van der Waals surface area contributed by atoms with Crippen LogP contribution in [-0.4, -0.2) is 35.6 Å². The maximum Gasteiger partial charge on any atom is 0.497 e. The van der Waals surface area contributed by atoms with Crippen LogP contribution in [0, 0.1) is 17.0 Å². The van der Waals surface area contributed by atoms with E-state index in [4.69, 9.17) is 9.31 Å². The molecule has 0 radical (unpaired) electrons. The molecule has 4 rings (SSSR count). The molecule has 2 heterocycles. The first kappa shape index (κ1) is 21.5. The highest BCUT2D eigenvalue weighted by atomic mass is 32.2. The molecule has 1 aromatic heterocycles. The highest BCUT2D eigenvalue weighted by Gasteiger charge is 2.52. The number of non-ortho nitro benzene ring substituents is 1. The minimum absolute atomic E-state index is 0.0135. The van der Waals surface area contributed by atoms with Gasteiger partial charge in [0.05, 0.1) is 21.0 Å². The molecule has 0 N–H and O–H groups in total. The van der Waals surface area contributed by atoms with Crippen LogP contribution < -0.4 is 5.46 Å². The Morgan fingerprint density at radius 3 is 2.19 bits per heavy atom. The molecular weight excluding hydrogens is 419 g/mol. The average molecular weight is 442 g/mol. The molecule has 0 amide bonds. The minimum atomic E-state index is -4.12. The Morgan fingerprint density at radius 2 is 1.61 bits per heavy atom. The Hall–Kier alpha value is -2.69. The topological polar surface area (TPSA) is 101 Å². The van der Waals surface area contributed by atoms with E-state index in [0.717, 1.165) is 3.97 Å². The molecule has 0 aliphatic carbocycles. The maximum atomic E-state index is 13.6. The van der Waals surface area contributed by atoms with E-state index < -0.39 is 33.3 Å². The van der Waals surface area contributed by atoms with Crippen molar-refractivity contribution >= 4 is 39.2 Å². The number of fused-ring (bicyclic) bond motifs is 1. The second kappa shape index (κ2) is 6.91. The van der Waals surface area contributed by atoms with Crippen LogP contribution in [0.25, 0.3) is 10.9 Å². The monoisotopic (exact) mass is 442 g/mol. The third-order valence-corrected chi connectivity index (χ3v) is 7.96. The van der Waals surface area contributed by atoms with Crippen LogP contribution in [0.1, 0.15) is 33.3 Å².